The van der Waals surface area contributed by atoms with Crippen molar-refractivity contribution in [3.63, 3.8) is 0 Å². The Morgan fingerprint density at radius 3 is 2.18 bits per heavy atom. The van der Waals surface area contributed by atoms with Crippen molar-refractivity contribution in [2.45, 2.75) is 13.5 Å². The van der Waals surface area contributed by atoms with Crippen LogP contribution in [0.3, 0.4) is 0 Å². The van der Waals surface area contributed by atoms with Gasteiger partial charge in [-0.15, -0.1) is 0 Å². The molecule has 0 spiro atoms. The van der Waals surface area contributed by atoms with Gasteiger partial charge in [0.25, 0.3) is 11.8 Å². The van der Waals surface area contributed by atoms with Crippen molar-refractivity contribution in [2.75, 3.05) is 32.8 Å². The Labute approximate surface area is 193 Å². The lowest BCUT2D eigenvalue weighted by Crippen LogP contribution is -2.28. The first kappa shape index (κ1) is 23.7. The number of rotatable bonds is 9. The van der Waals surface area contributed by atoms with Gasteiger partial charge in [-0.3, -0.25) is 9.59 Å². The number of nitrogens with one attached hydrogen (secondary N) is 1. The third kappa shape index (κ3) is 6.26. The summed E-state index contributed by atoms with van der Waals surface area (Å²) in [6.07, 6.45) is 0. The number of hydrogen-bond acceptors (Lipinski definition) is 5. The van der Waals surface area contributed by atoms with E-state index >= 15 is 0 Å². The molecule has 0 bridgehead atoms. The summed E-state index contributed by atoms with van der Waals surface area (Å²) in [4.78, 5) is 26.4. The van der Waals surface area contributed by atoms with Crippen LogP contribution in [0.25, 0.3) is 0 Å². The van der Waals surface area contributed by atoms with Crippen LogP contribution in [-0.4, -0.2) is 39.7 Å². The van der Waals surface area contributed by atoms with E-state index in [4.69, 9.17) is 14.2 Å². The van der Waals surface area contributed by atoms with Gasteiger partial charge in [-0.05, 0) is 61.0 Å². The molecule has 172 valence electrons. The summed E-state index contributed by atoms with van der Waals surface area (Å²) in [6, 6.07) is 19.9. The maximum absolute atomic E-state index is 12.6. The number of methoxy groups -OCH3 is 2. The van der Waals surface area contributed by atoms with Crippen molar-refractivity contribution >= 4 is 17.5 Å². The number of amides is 2. The molecule has 0 saturated heterocycles. The molecular formula is C26H28N2O5. The standard InChI is InChI=1S/C26H28N2O5/c1-18-5-8-20(9-6-18)26(30)28(2)21-10-12-22(13-11-21)33-17-25(29)27-16-19-7-14-23(31-3)24(15-19)32-4/h5-15H,16-17H2,1-4H3,(H,27,29). The fraction of sp³-hybridized carbons (Fsp3) is 0.231. The first-order valence-electron chi connectivity index (χ1n) is 10.5. The molecule has 2 amide bonds. The first-order chi connectivity index (χ1) is 15.9. The van der Waals surface area contributed by atoms with E-state index in [1.165, 1.54) is 0 Å². The van der Waals surface area contributed by atoms with Gasteiger partial charge in [0.15, 0.2) is 18.1 Å². The highest BCUT2D eigenvalue weighted by Crippen LogP contribution is 2.27. The zero-order chi connectivity index (χ0) is 23.8. The summed E-state index contributed by atoms with van der Waals surface area (Å²) in [7, 11) is 4.86. The molecule has 0 atom stereocenters. The molecule has 7 heteroatoms. The second kappa shape index (κ2) is 11.0. The molecule has 1 N–H and O–H groups in total. The van der Waals surface area contributed by atoms with Crippen LogP contribution < -0.4 is 24.4 Å². The molecule has 0 radical (unpaired) electrons. The Balaban J connectivity index is 1.50. The summed E-state index contributed by atoms with van der Waals surface area (Å²) in [5.74, 6) is 1.42. The van der Waals surface area contributed by atoms with E-state index in [1.54, 1.807) is 56.5 Å². The van der Waals surface area contributed by atoms with Gasteiger partial charge in [0.2, 0.25) is 0 Å². The minimum Gasteiger partial charge on any atom is -0.493 e. The van der Waals surface area contributed by atoms with Gasteiger partial charge < -0.3 is 24.4 Å². The monoisotopic (exact) mass is 448 g/mol. The summed E-state index contributed by atoms with van der Waals surface area (Å²) in [5.41, 5.74) is 3.33. The van der Waals surface area contributed by atoms with E-state index in [1.807, 2.05) is 43.3 Å². The Morgan fingerprint density at radius 2 is 1.55 bits per heavy atom. The Kier molecular flexibility index (Phi) is 7.91. The van der Waals surface area contributed by atoms with Crippen LogP contribution in [0.5, 0.6) is 17.2 Å². The summed E-state index contributed by atoms with van der Waals surface area (Å²) < 4.78 is 16.1. The molecular weight excluding hydrogens is 420 g/mol. The zero-order valence-corrected chi connectivity index (χ0v) is 19.3. The number of carbonyl (C=O) groups is 2. The van der Waals surface area contributed by atoms with Crippen molar-refractivity contribution in [1.29, 1.82) is 0 Å². The highest BCUT2D eigenvalue weighted by Gasteiger charge is 2.13. The molecule has 0 aliphatic carbocycles. The first-order valence-corrected chi connectivity index (χ1v) is 10.5. The second-order valence-corrected chi connectivity index (χ2v) is 7.48. The molecule has 0 heterocycles. The maximum Gasteiger partial charge on any atom is 0.258 e. The molecule has 0 fully saturated rings. The van der Waals surface area contributed by atoms with Gasteiger partial charge in [0, 0.05) is 24.8 Å². The van der Waals surface area contributed by atoms with Crippen LogP contribution in [0.4, 0.5) is 5.69 Å². The maximum atomic E-state index is 12.6. The van der Waals surface area contributed by atoms with Crippen molar-refractivity contribution in [3.8, 4) is 17.2 Å². The molecule has 0 unspecified atom stereocenters. The van der Waals surface area contributed by atoms with Crippen LogP contribution in [0.1, 0.15) is 21.5 Å². The largest absolute Gasteiger partial charge is 0.493 e. The number of ether oxygens (including phenoxy) is 3. The second-order valence-electron chi connectivity index (χ2n) is 7.48. The van der Waals surface area contributed by atoms with E-state index in [9.17, 15) is 9.59 Å². The highest BCUT2D eigenvalue weighted by atomic mass is 16.5. The molecule has 0 aromatic heterocycles. The fourth-order valence-corrected chi connectivity index (χ4v) is 3.16. The normalized spacial score (nSPS) is 10.3. The van der Waals surface area contributed by atoms with Crippen molar-refractivity contribution < 1.29 is 23.8 Å². The fourth-order valence-electron chi connectivity index (χ4n) is 3.16. The molecule has 3 aromatic carbocycles. The van der Waals surface area contributed by atoms with Gasteiger partial charge in [0.1, 0.15) is 5.75 Å². The van der Waals surface area contributed by atoms with E-state index in [0.717, 1.165) is 16.8 Å². The lowest BCUT2D eigenvalue weighted by Gasteiger charge is -2.18. The predicted octanol–water partition coefficient (Wildman–Crippen LogP) is 3.98. The Morgan fingerprint density at radius 1 is 0.879 bits per heavy atom. The zero-order valence-electron chi connectivity index (χ0n) is 19.3. The van der Waals surface area contributed by atoms with E-state index in [0.29, 0.717) is 29.4 Å². The minimum atomic E-state index is -0.250. The van der Waals surface area contributed by atoms with Gasteiger partial charge >= 0.3 is 0 Å². The number of hydrogen-bond donors (Lipinski definition) is 1. The van der Waals surface area contributed by atoms with Crippen molar-refractivity contribution in [1.82, 2.24) is 5.32 Å². The molecule has 0 aliphatic heterocycles. The summed E-state index contributed by atoms with van der Waals surface area (Å²) in [5, 5.41) is 2.81. The minimum absolute atomic E-state index is 0.0989. The number of nitrogens with zero attached hydrogens (tertiary/aromatic N) is 1. The molecule has 0 aliphatic rings. The third-order valence-corrected chi connectivity index (χ3v) is 5.13. The highest BCUT2D eigenvalue weighted by molar-refractivity contribution is 6.05. The van der Waals surface area contributed by atoms with Crippen LogP contribution >= 0.6 is 0 Å². The lowest BCUT2D eigenvalue weighted by molar-refractivity contribution is -0.123. The Hall–Kier alpha value is -4.00. The average Bonchev–Trinajstić information content (AvgIpc) is 2.85. The predicted molar refractivity (Wildman–Crippen MR) is 127 cm³/mol. The smallest absolute Gasteiger partial charge is 0.258 e. The quantitative estimate of drug-likeness (QED) is 0.536. The average molecular weight is 449 g/mol. The van der Waals surface area contributed by atoms with Crippen LogP contribution in [0, 0.1) is 6.92 Å². The number of anilines is 1. The number of aryl methyl sites for hydroxylation is 1. The number of carbonyl (C=O) groups excluding carboxylic acids is 2. The van der Waals surface area contributed by atoms with Crippen LogP contribution in [-0.2, 0) is 11.3 Å². The van der Waals surface area contributed by atoms with Crippen molar-refractivity contribution in [3.05, 3.63) is 83.4 Å². The molecule has 0 saturated carbocycles. The summed E-state index contributed by atoms with van der Waals surface area (Å²) in [6.45, 7) is 2.20. The van der Waals surface area contributed by atoms with Gasteiger partial charge in [-0.25, -0.2) is 0 Å². The van der Waals surface area contributed by atoms with E-state index in [-0.39, 0.29) is 18.4 Å². The van der Waals surface area contributed by atoms with Gasteiger partial charge in [0.05, 0.1) is 14.2 Å². The summed E-state index contributed by atoms with van der Waals surface area (Å²) >= 11 is 0. The topological polar surface area (TPSA) is 77.1 Å². The van der Waals surface area contributed by atoms with Crippen LogP contribution in [0.15, 0.2) is 66.7 Å². The van der Waals surface area contributed by atoms with E-state index in [2.05, 4.69) is 5.32 Å². The molecule has 3 aromatic rings. The van der Waals surface area contributed by atoms with Crippen molar-refractivity contribution in [2.24, 2.45) is 0 Å². The Bertz CT molecular complexity index is 1090. The molecule has 3 rings (SSSR count). The van der Waals surface area contributed by atoms with Crippen LogP contribution in [0.2, 0.25) is 0 Å². The third-order valence-electron chi connectivity index (χ3n) is 5.13. The molecule has 33 heavy (non-hydrogen) atoms. The molecule has 7 nitrogen and oxygen atoms in total. The van der Waals surface area contributed by atoms with Gasteiger partial charge in [-0.1, -0.05) is 23.8 Å². The van der Waals surface area contributed by atoms with E-state index < -0.39 is 0 Å². The number of benzene rings is 3. The lowest BCUT2D eigenvalue weighted by atomic mass is 10.1. The van der Waals surface area contributed by atoms with Gasteiger partial charge in [-0.2, -0.15) is 0 Å². The SMILES string of the molecule is COc1ccc(CNC(=O)COc2ccc(N(C)C(=O)c3ccc(C)cc3)cc2)cc1OC.